The molecule has 152 valence electrons. The summed E-state index contributed by atoms with van der Waals surface area (Å²) in [6, 6.07) is 18.7. The van der Waals surface area contributed by atoms with E-state index in [1.54, 1.807) is 13.2 Å². The molecule has 0 heterocycles. The molecular formula is C23H22BrClFNO2. The topological polar surface area (TPSA) is 30.5 Å². The minimum Gasteiger partial charge on any atom is -0.493 e. The quantitative estimate of drug-likeness (QED) is 0.392. The highest BCUT2D eigenvalue weighted by Crippen LogP contribution is 2.37. The molecule has 0 bridgehead atoms. The van der Waals surface area contributed by atoms with E-state index in [-0.39, 0.29) is 18.5 Å². The average molecular weight is 479 g/mol. The second kappa shape index (κ2) is 10.1. The molecule has 0 aliphatic rings. The predicted molar refractivity (Wildman–Crippen MR) is 118 cm³/mol. The van der Waals surface area contributed by atoms with Crippen molar-refractivity contribution in [2.75, 3.05) is 7.11 Å². The van der Waals surface area contributed by atoms with Crippen LogP contribution < -0.4 is 14.8 Å². The van der Waals surface area contributed by atoms with Gasteiger partial charge in [-0.15, -0.1) is 0 Å². The van der Waals surface area contributed by atoms with E-state index in [4.69, 9.17) is 21.1 Å². The highest BCUT2D eigenvalue weighted by molar-refractivity contribution is 9.10. The normalized spacial score (nSPS) is 11.9. The molecule has 0 aromatic heterocycles. The maximum atomic E-state index is 13.2. The highest BCUT2D eigenvalue weighted by Gasteiger charge is 2.14. The first-order chi connectivity index (χ1) is 14.0. The summed E-state index contributed by atoms with van der Waals surface area (Å²) in [5, 5.41) is 3.84. The van der Waals surface area contributed by atoms with Crippen molar-refractivity contribution in [2.45, 2.75) is 26.1 Å². The molecule has 0 saturated heterocycles. The minimum atomic E-state index is -0.376. The number of ether oxygens (including phenoxy) is 2. The SMILES string of the molecule is COc1cc(CN[C@@H](C)c2ccccc2)cc(Br)c1OCc1ccc(F)cc1Cl. The number of benzene rings is 3. The predicted octanol–water partition coefficient (Wildman–Crippen LogP) is 6.68. The average Bonchev–Trinajstić information content (AvgIpc) is 2.72. The van der Waals surface area contributed by atoms with E-state index >= 15 is 0 Å². The number of nitrogens with one attached hydrogen (secondary N) is 1. The third-order valence-corrected chi connectivity index (χ3v) is 5.53. The van der Waals surface area contributed by atoms with Gasteiger partial charge in [-0.3, -0.25) is 0 Å². The van der Waals surface area contributed by atoms with Crippen molar-refractivity contribution in [3.05, 3.63) is 92.7 Å². The number of halogens is 3. The molecule has 6 heteroatoms. The molecule has 3 aromatic carbocycles. The summed E-state index contributed by atoms with van der Waals surface area (Å²) in [7, 11) is 1.60. The zero-order valence-corrected chi connectivity index (χ0v) is 18.6. The van der Waals surface area contributed by atoms with Gasteiger partial charge in [-0.2, -0.15) is 0 Å². The van der Waals surface area contributed by atoms with Crippen LogP contribution in [0.5, 0.6) is 11.5 Å². The molecule has 0 amide bonds. The Morgan fingerprint density at radius 2 is 1.86 bits per heavy atom. The molecule has 1 N–H and O–H groups in total. The summed E-state index contributed by atoms with van der Waals surface area (Å²) in [5.41, 5.74) is 2.99. The first-order valence-corrected chi connectivity index (χ1v) is 10.4. The molecule has 0 spiro atoms. The fraction of sp³-hybridized carbons (Fsp3) is 0.217. The highest BCUT2D eigenvalue weighted by atomic mass is 79.9. The van der Waals surface area contributed by atoms with Crippen molar-refractivity contribution in [3.8, 4) is 11.5 Å². The van der Waals surface area contributed by atoms with Crippen LogP contribution in [0.4, 0.5) is 4.39 Å². The van der Waals surface area contributed by atoms with Crippen LogP contribution in [0.15, 0.2) is 65.1 Å². The number of hydrogen-bond acceptors (Lipinski definition) is 3. The lowest BCUT2D eigenvalue weighted by Crippen LogP contribution is -2.18. The molecule has 0 aliphatic carbocycles. The fourth-order valence-electron chi connectivity index (χ4n) is 2.93. The zero-order valence-electron chi connectivity index (χ0n) is 16.2. The Balaban J connectivity index is 1.70. The molecule has 0 radical (unpaired) electrons. The Hall–Kier alpha value is -2.08. The summed E-state index contributed by atoms with van der Waals surface area (Å²) in [6.45, 7) is 3.01. The first kappa shape index (κ1) is 21.6. The third-order valence-electron chi connectivity index (χ3n) is 4.59. The maximum Gasteiger partial charge on any atom is 0.175 e. The van der Waals surface area contributed by atoms with Gasteiger partial charge in [0.1, 0.15) is 12.4 Å². The van der Waals surface area contributed by atoms with Gasteiger partial charge >= 0.3 is 0 Å². The van der Waals surface area contributed by atoms with E-state index in [2.05, 4.69) is 40.3 Å². The Kier molecular flexibility index (Phi) is 7.53. The van der Waals surface area contributed by atoms with Crippen LogP contribution in [0.1, 0.15) is 29.7 Å². The molecule has 0 unspecified atom stereocenters. The monoisotopic (exact) mass is 477 g/mol. The van der Waals surface area contributed by atoms with Gasteiger partial charge in [0.2, 0.25) is 0 Å². The minimum absolute atomic E-state index is 0.205. The Morgan fingerprint density at radius 3 is 2.55 bits per heavy atom. The van der Waals surface area contributed by atoms with E-state index in [0.29, 0.717) is 28.6 Å². The van der Waals surface area contributed by atoms with E-state index in [1.807, 2.05) is 30.3 Å². The molecule has 1 atom stereocenters. The van der Waals surface area contributed by atoms with Crippen LogP contribution in [0.3, 0.4) is 0 Å². The lowest BCUT2D eigenvalue weighted by molar-refractivity contribution is 0.282. The Morgan fingerprint density at radius 1 is 1.10 bits per heavy atom. The van der Waals surface area contributed by atoms with Crippen molar-refractivity contribution in [3.63, 3.8) is 0 Å². The maximum absolute atomic E-state index is 13.2. The Labute approximate surface area is 183 Å². The second-order valence-electron chi connectivity index (χ2n) is 6.65. The van der Waals surface area contributed by atoms with Crippen LogP contribution in [-0.4, -0.2) is 7.11 Å². The molecule has 0 fully saturated rings. The number of hydrogen-bond donors (Lipinski definition) is 1. The fourth-order valence-corrected chi connectivity index (χ4v) is 3.76. The number of rotatable bonds is 8. The van der Waals surface area contributed by atoms with Gasteiger partial charge in [0.15, 0.2) is 11.5 Å². The molecule has 0 saturated carbocycles. The van der Waals surface area contributed by atoms with Crippen molar-refractivity contribution in [1.29, 1.82) is 0 Å². The van der Waals surface area contributed by atoms with Crippen molar-refractivity contribution in [2.24, 2.45) is 0 Å². The van der Waals surface area contributed by atoms with Gasteiger partial charge in [0.05, 0.1) is 16.6 Å². The van der Waals surface area contributed by atoms with Crippen LogP contribution in [0, 0.1) is 5.82 Å². The summed E-state index contributed by atoms with van der Waals surface area (Å²) in [5.74, 6) is 0.814. The van der Waals surface area contributed by atoms with Gasteiger partial charge in [0.25, 0.3) is 0 Å². The van der Waals surface area contributed by atoms with Gasteiger partial charge in [-0.1, -0.05) is 48.0 Å². The summed E-state index contributed by atoms with van der Waals surface area (Å²) in [4.78, 5) is 0. The van der Waals surface area contributed by atoms with Crippen LogP contribution >= 0.6 is 27.5 Å². The van der Waals surface area contributed by atoms with Gasteiger partial charge in [-0.25, -0.2) is 4.39 Å². The van der Waals surface area contributed by atoms with E-state index in [0.717, 1.165) is 10.0 Å². The molecule has 3 rings (SSSR count). The molecule has 0 aliphatic heterocycles. The first-order valence-electron chi connectivity index (χ1n) is 9.19. The van der Waals surface area contributed by atoms with E-state index < -0.39 is 0 Å². The largest absolute Gasteiger partial charge is 0.493 e. The van der Waals surface area contributed by atoms with Gasteiger partial charge in [-0.05, 0) is 58.2 Å². The smallest absolute Gasteiger partial charge is 0.175 e. The lowest BCUT2D eigenvalue weighted by Gasteiger charge is -2.17. The van der Waals surface area contributed by atoms with Gasteiger partial charge < -0.3 is 14.8 Å². The molecule has 3 aromatic rings. The molecule has 3 nitrogen and oxygen atoms in total. The summed E-state index contributed by atoms with van der Waals surface area (Å²) in [6.07, 6.45) is 0. The van der Waals surface area contributed by atoms with Crippen LogP contribution in [-0.2, 0) is 13.2 Å². The van der Waals surface area contributed by atoms with Crippen molar-refractivity contribution in [1.82, 2.24) is 5.32 Å². The van der Waals surface area contributed by atoms with Crippen molar-refractivity contribution >= 4 is 27.5 Å². The summed E-state index contributed by atoms with van der Waals surface area (Å²) < 4.78 is 25.4. The lowest BCUT2D eigenvalue weighted by atomic mass is 10.1. The number of methoxy groups -OCH3 is 1. The third kappa shape index (κ3) is 5.72. The van der Waals surface area contributed by atoms with Crippen molar-refractivity contribution < 1.29 is 13.9 Å². The van der Waals surface area contributed by atoms with E-state index in [1.165, 1.54) is 17.7 Å². The molecular weight excluding hydrogens is 457 g/mol. The Bertz CT molecular complexity index is 969. The second-order valence-corrected chi connectivity index (χ2v) is 7.91. The summed E-state index contributed by atoms with van der Waals surface area (Å²) >= 11 is 9.65. The van der Waals surface area contributed by atoms with Gasteiger partial charge in [0, 0.05) is 18.2 Å². The van der Waals surface area contributed by atoms with E-state index in [9.17, 15) is 4.39 Å². The van der Waals surface area contributed by atoms with Crippen LogP contribution in [0.2, 0.25) is 5.02 Å². The van der Waals surface area contributed by atoms with Crippen LogP contribution in [0.25, 0.3) is 0 Å². The molecule has 29 heavy (non-hydrogen) atoms. The zero-order chi connectivity index (χ0) is 20.8. The standard InChI is InChI=1S/C23H22BrClFNO2/c1-15(17-6-4-3-5-7-17)27-13-16-10-20(24)23(22(11-16)28-2)29-14-18-8-9-19(26)12-21(18)25/h3-12,15,27H,13-14H2,1-2H3/t15-/m0/s1.